The molecule has 6 N–H and O–H groups in total. The molecule has 33 heavy (non-hydrogen) atoms. The summed E-state index contributed by atoms with van der Waals surface area (Å²) in [6, 6.07) is 9.54. The Kier molecular flexibility index (Phi) is 6.90. The van der Waals surface area contributed by atoms with E-state index >= 15 is 0 Å². The van der Waals surface area contributed by atoms with Crippen LogP contribution in [0.5, 0.6) is 0 Å². The van der Waals surface area contributed by atoms with Gasteiger partial charge >= 0.3 is 0 Å². The Hall–Kier alpha value is -3.43. The Labute approximate surface area is 193 Å². The van der Waals surface area contributed by atoms with Gasteiger partial charge in [0.1, 0.15) is 5.82 Å². The number of hydrogen-bond acceptors (Lipinski definition) is 7. The minimum absolute atomic E-state index is 0.179. The van der Waals surface area contributed by atoms with E-state index in [4.69, 9.17) is 10.8 Å². The third-order valence-electron chi connectivity index (χ3n) is 5.85. The first-order chi connectivity index (χ1) is 15.9. The van der Waals surface area contributed by atoms with E-state index in [1.807, 2.05) is 34.8 Å². The smallest absolute Gasteiger partial charge is 0.241 e. The standard InChI is InChI=1S/C24H31N7O2/c1-15(2)22-23(28-13-17-8-10-26-14-19(17)32)30-31-21(9-11-27-24(22)31)29-18-5-3-4-16(12-18)6-7-20(25)33/h3-7,9,11-12,15,17,19,26,29,32H,8,10,13-14H2,1-2H3,(H2,25,33)(H,28,30)/b7-6+/t17-,19+/m1/s1. The van der Waals surface area contributed by atoms with Crippen molar-refractivity contribution in [2.24, 2.45) is 11.7 Å². The van der Waals surface area contributed by atoms with Gasteiger partial charge in [-0.1, -0.05) is 26.0 Å². The van der Waals surface area contributed by atoms with E-state index in [2.05, 4.69) is 34.8 Å². The van der Waals surface area contributed by atoms with Gasteiger partial charge in [-0.25, -0.2) is 4.98 Å². The number of carbonyl (C=O) groups excluding carboxylic acids is 1. The molecule has 0 radical (unpaired) electrons. The molecule has 174 valence electrons. The van der Waals surface area contributed by atoms with Crippen molar-refractivity contribution in [3.63, 3.8) is 0 Å². The van der Waals surface area contributed by atoms with Crippen LogP contribution in [-0.4, -0.2) is 51.4 Å². The molecule has 9 heteroatoms. The molecule has 4 rings (SSSR count). The first-order valence-electron chi connectivity index (χ1n) is 11.3. The molecular weight excluding hydrogens is 418 g/mol. The van der Waals surface area contributed by atoms with E-state index in [1.54, 1.807) is 12.3 Å². The highest BCUT2D eigenvalue weighted by atomic mass is 16.3. The molecule has 2 aromatic heterocycles. The average molecular weight is 450 g/mol. The van der Waals surface area contributed by atoms with Gasteiger partial charge in [-0.15, -0.1) is 5.10 Å². The van der Waals surface area contributed by atoms with Gasteiger partial charge in [-0.05, 0) is 48.7 Å². The fourth-order valence-electron chi connectivity index (χ4n) is 4.13. The van der Waals surface area contributed by atoms with E-state index < -0.39 is 5.91 Å². The van der Waals surface area contributed by atoms with Crippen molar-refractivity contribution >= 4 is 35.0 Å². The molecule has 1 aromatic carbocycles. The van der Waals surface area contributed by atoms with Crippen molar-refractivity contribution in [1.29, 1.82) is 0 Å². The summed E-state index contributed by atoms with van der Waals surface area (Å²) in [6.45, 7) is 6.44. The lowest BCUT2D eigenvalue weighted by molar-refractivity contribution is -0.113. The van der Waals surface area contributed by atoms with Crippen molar-refractivity contribution in [3.8, 4) is 0 Å². The van der Waals surface area contributed by atoms with Gasteiger partial charge in [0, 0.05) is 42.5 Å². The van der Waals surface area contributed by atoms with Crippen molar-refractivity contribution < 1.29 is 9.90 Å². The highest BCUT2D eigenvalue weighted by molar-refractivity contribution is 5.90. The van der Waals surface area contributed by atoms with Crippen molar-refractivity contribution in [3.05, 3.63) is 53.7 Å². The fraction of sp³-hybridized carbons (Fsp3) is 0.375. The molecule has 3 aromatic rings. The zero-order chi connectivity index (χ0) is 23.4. The lowest BCUT2D eigenvalue weighted by Gasteiger charge is -2.28. The summed E-state index contributed by atoms with van der Waals surface area (Å²) >= 11 is 0. The van der Waals surface area contributed by atoms with Crippen molar-refractivity contribution in [2.45, 2.75) is 32.3 Å². The molecule has 0 spiro atoms. The van der Waals surface area contributed by atoms with Crippen LogP contribution in [0.4, 0.5) is 17.3 Å². The lowest BCUT2D eigenvalue weighted by atomic mass is 9.95. The molecule has 1 aliphatic heterocycles. The van der Waals surface area contributed by atoms with Gasteiger partial charge in [0.2, 0.25) is 5.91 Å². The predicted octanol–water partition coefficient (Wildman–Crippen LogP) is 2.48. The van der Waals surface area contributed by atoms with Crippen LogP contribution in [0, 0.1) is 5.92 Å². The van der Waals surface area contributed by atoms with Gasteiger partial charge in [0.05, 0.1) is 6.10 Å². The number of nitrogens with one attached hydrogen (secondary N) is 3. The summed E-state index contributed by atoms with van der Waals surface area (Å²) in [7, 11) is 0. The van der Waals surface area contributed by atoms with Crippen molar-refractivity contribution in [1.82, 2.24) is 19.9 Å². The molecule has 3 heterocycles. The van der Waals surface area contributed by atoms with E-state index in [9.17, 15) is 9.90 Å². The third kappa shape index (κ3) is 5.32. The number of aromatic nitrogens is 3. The monoisotopic (exact) mass is 449 g/mol. The average Bonchev–Trinajstić information content (AvgIpc) is 3.17. The largest absolute Gasteiger partial charge is 0.391 e. The van der Waals surface area contributed by atoms with Gasteiger partial charge in [-0.3, -0.25) is 4.79 Å². The maximum atomic E-state index is 11.0. The van der Waals surface area contributed by atoms with Gasteiger partial charge in [0.25, 0.3) is 0 Å². The van der Waals surface area contributed by atoms with E-state index in [0.29, 0.717) is 13.1 Å². The number of piperidine rings is 1. The number of hydrogen-bond donors (Lipinski definition) is 5. The van der Waals surface area contributed by atoms with Crippen molar-refractivity contribution in [2.75, 3.05) is 30.3 Å². The summed E-state index contributed by atoms with van der Waals surface area (Å²) in [5.74, 6) is 1.47. The fourth-order valence-corrected chi connectivity index (χ4v) is 4.13. The second-order valence-corrected chi connectivity index (χ2v) is 8.67. The molecular formula is C24H31N7O2. The Morgan fingerprint density at radius 2 is 2.24 bits per heavy atom. The highest BCUT2D eigenvalue weighted by Crippen LogP contribution is 2.30. The number of benzene rings is 1. The topological polar surface area (TPSA) is 130 Å². The second-order valence-electron chi connectivity index (χ2n) is 8.67. The molecule has 0 unspecified atom stereocenters. The maximum Gasteiger partial charge on any atom is 0.241 e. The highest BCUT2D eigenvalue weighted by Gasteiger charge is 2.24. The van der Waals surface area contributed by atoms with E-state index in [-0.39, 0.29) is 17.9 Å². The lowest BCUT2D eigenvalue weighted by Crippen LogP contribution is -2.43. The number of nitrogens with zero attached hydrogens (tertiary/aromatic N) is 3. The van der Waals surface area contributed by atoms with Crippen LogP contribution < -0.4 is 21.7 Å². The predicted molar refractivity (Wildman–Crippen MR) is 131 cm³/mol. The second kappa shape index (κ2) is 10.0. The van der Waals surface area contributed by atoms with Crippen LogP contribution in [0.15, 0.2) is 42.6 Å². The van der Waals surface area contributed by atoms with Crippen LogP contribution in [0.3, 0.4) is 0 Å². The number of nitrogens with two attached hydrogens (primary N) is 1. The number of fused-ring (bicyclic) bond motifs is 1. The Morgan fingerprint density at radius 1 is 1.39 bits per heavy atom. The zero-order valence-electron chi connectivity index (χ0n) is 19.0. The maximum absolute atomic E-state index is 11.0. The van der Waals surface area contributed by atoms with E-state index in [0.717, 1.165) is 47.1 Å². The van der Waals surface area contributed by atoms with Crippen LogP contribution >= 0.6 is 0 Å². The summed E-state index contributed by atoms with van der Waals surface area (Å²) in [6.07, 6.45) is 5.34. The number of rotatable bonds is 8. The minimum atomic E-state index is -0.487. The SMILES string of the molecule is CC(C)c1c(NC[C@H]2CCNC[C@@H]2O)nn2c(Nc3cccc(/C=C/C(N)=O)c3)ccnc12. The summed E-state index contributed by atoms with van der Waals surface area (Å²) < 4.78 is 1.81. The molecule has 0 saturated carbocycles. The number of amides is 1. The zero-order valence-corrected chi connectivity index (χ0v) is 19.0. The van der Waals surface area contributed by atoms with Crippen LogP contribution in [0.2, 0.25) is 0 Å². The molecule has 0 bridgehead atoms. The van der Waals surface area contributed by atoms with E-state index in [1.165, 1.54) is 6.08 Å². The summed E-state index contributed by atoms with van der Waals surface area (Å²) in [5.41, 5.74) is 8.74. The number of aliphatic hydroxyl groups excluding tert-OH is 1. The summed E-state index contributed by atoms with van der Waals surface area (Å²) in [4.78, 5) is 15.6. The normalized spacial score (nSPS) is 18.8. The van der Waals surface area contributed by atoms with Crippen LogP contribution in [0.1, 0.15) is 37.3 Å². The van der Waals surface area contributed by atoms with Gasteiger partial charge in [-0.2, -0.15) is 4.52 Å². The molecule has 1 aliphatic rings. The molecule has 9 nitrogen and oxygen atoms in total. The first-order valence-corrected chi connectivity index (χ1v) is 11.3. The van der Waals surface area contributed by atoms with Crippen LogP contribution in [-0.2, 0) is 4.79 Å². The first kappa shape index (κ1) is 22.8. The molecule has 0 aliphatic carbocycles. The Morgan fingerprint density at radius 3 is 3.00 bits per heavy atom. The van der Waals surface area contributed by atoms with Gasteiger partial charge in [0.15, 0.2) is 11.5 Å². The Bertz CT molecular complexity index is 1150. The number of β-amino-alcohol motifs (C(OH)–C–C–N with tert-alkyl or cyclic N) is 1. The van der Waals surface area contributed by atoms with Crippen LogP contribution in [0.25, 0.3) is 11.7 Å². The molecule has 1 fully saturated rings. The Balaban J connectivity index is 1.62. The number of aliphatic hydroxyl groups is 1. The minimum Gasteiger partial charge on any atom is -0.391 e. The number of anilines is 3. The summed E-state index contributed by atoms with van der Waals surface area (Å²) in [5, 5.41) is 25.2. The third-order valence-corrected chi connectivity index (χ3v) is 5.85. The van der Waals surface area contributed by atoms with Gasteiger partial charge < -0.3 is 26.8 Å². The molecule has 1 saturated heterocycles. The number of carbonyl (C=O) groups is 1. The number of primary amides is 1. The molecule has 1 amide bonds. The quantitative estimate of drug-likeness (QED) is 0.334. The molecule has 2 atom stereocenters.